The number of hydrogen-bond donors (Lipinski definition) is 13. The first kappa shape index (κ1) is 39.1. The monoisotopic (exact) mass is 703 g/mol. The molecule has 9 heterocycles. The van der Waals surface area contributed by atoms with Crippen LogP contribution in [0.2, 0.25) is 13.6 Å². The summed E-state index contributed by atoms with van der Waals surface area (Å²) in [7, 11) is 17.5. The maximum Gasteiger partial charge on any atom is 0.359 e. The molecular weight excluding hydrogens is 656 g/mol. The van der Waals surface area contributed by atoms with Gasteiger partial charge in [-0.05, 0) is 21.1 Å². The minimum absolute atomic E-state index is 0.00360. The van der Waals surface area contributed by atoms with E-state index in [2.05, 4.69) is 153 Å². The van der Waals surface area contributed by atoms with Crippen molar-refractivity contribution in [2.75, 3.05) is 21.1 Å². The molecule has 53 heavy (non-hydrogen) atoms. The molecule has 9 saturated heterocycles. The number of nitrogens with zero attached hydrogens (tertiary/aromatic N) is 11. The lowest BCUT2D eigenvalue weighted by molar-refractivity contribution is 0.605. The van der Waals surface area contributed by atoms with Crippen LogP contribution in [0.5, 0.6) is 0 Å². The van der Waals surface area contributed by atoms with E-state index < -0.39 is 0 Å². The molecular formula is C5H42B24N24. The maximum absolute atomic E-state index is 4.03. The molecule has 9 aliphatic heterocycles. The topological polar surface area (TPSA) is 192 Å². The average Bonchev–Trinajstić information content (AvgIpc) is 3.18. The molecule has 0 amide bonds. The third-order valence-electron chi connectivity index (χ3n) is 12.2. The highest BCUT2D eigenvalue weighted by Crippen LogP contribution is 2.15. The molecule has 13 N–H and O–H groups in total. The van der Waals surface area contributed by atoms with Crippen molar-refractivity contribution in [3.05, 3.63) is 0 Å². The largest absolute Gasteiger partial charge is 0.380 e. The van der Waals surface area contributed by atoms with Crippen LogP contribution in [0.4, 0.5) is 0 Å². The van der Waals surface area contributed by atoms with E-state index in [1.807, 2.05) is 0 Å². The SMILES string of the molecule is CB1NB2NB(N3BNBN(B3)B3NBNB(N3)N3BNBN(C)B3N3BN(C)BN(B3)B3NBNB(N3)N3BNBN(B3)B3NBNB(C)N23)N1C. The molecule has 12 bridgehead atoms. The van der Waals surface area contributed by atoms with Gasteiger partial charge < -0.3 is 118 Å². The van der Waals surface area contributed by atoms with Gasteiger partial charge >= 0.3 is 56.9 Å². The summed E-state index contributed by atoms with van der Waals surface area (Å²) in [6.45, 7) is 4.80. The summed E-state index contributed by atoms with van der Waals surface area (Å²) in [5, 5.41) is 49.2. The quantitative estimate of drug-likeness (QED) is 0.107. The second kappa shape index (κ2) is 17.1. The molecule has 0 aliphatic carbocycles. The molecule has 0 saturated carbocycles. The van der Waals surface area contributed by atoms with Crippen molar-refractivity contribution in [1.29, 1.82) is 0 Å². The third kappa shape index (κ3) is 8.14. The lowest BCUT2D eigenvalue weighted by atomic mass is 9.43. The van der Waals surface area contributed by atoms with Crippen molar-refractivity contribution >= 4 is 177 Å². The third-order valence-corrected chi connectivity index (χ3v) is 12.2. The van der Waals surface area contributed by atoms with Crippen LogP contribution in [0.1, 0.15) is 0 Å². The molecule has 6 atom stereocenters. The molecule has 9 aliphatic rings. The normalized spacial score (nSPS) is 34.5. The zero-order chi connectivity index (χ0) is 36.2. The Labute approximate surface area is 328 Å². The van der Waals surface area contributed by atoms with Gasteiger partial charge in [0.15, 0.2) is 0 Å². The van der Waals surface area contributed by atoms with E-state index in [-0.39, 0.29) is 70.9 Å². The molecule has 24 nitrogen and oxygen atoms in total. The van der Waals surface area contributed by atoms with Gasteiger partial charge in [-0.15, -0.1) is 0 Å². The number of fused-ring (bicyclic) bond motifs is 22. The summed E-state index contributed by atoms with van der Waals surface area (Å²) in [4.78, 5) is 0. The van der Waals surface area contributed by atoms with Gasteiger partial charge in [0.2, 0.25) is 0 Å². The van der Waals surface area contributed by atoms with E-state index in [0.29, 0.717) is 15.1 Å². The summed E-state index contributed by atoms with van der Waals surface area (Å²) in [6.07, 6.45) is 0. The minimum atomic E-state index is -0.0892. The summed E-state index contributed by atoms with van der Waals surface area (Å²) >= 11 is 0. The number of rotatable bonds is 0. The smallest absolute Gasteiger partial charge is 0.359 e. The molecule has 48 heteroatoms. The molecule has 9 rings (SSSR count). The van der Waals surface area contributed by atoms with E-state index in [1.54, 1.807) is 0 Å². The van der Waals surface area contributed by atoms with E-state index in [4.69, 9.17) is 0 Å². The fraction of sp³-hybridized carbons (Fsp3) is 1.00. The average molecular weight is 698 g/mol. The molecule has 0 spiro atoms. The summed E-state index contributed by atoms with van der Waals surface area (Å²) < 4.78 is 27.3. The van der Waals surface area contributed by atoms with Gasteiger partial charge in [-0.1, -0.05) is 13.6 Å². The second-order valence-corrected chi connectivity index (χ2v) is 16.1. The first-order chi connectivity index (χ1) is 25.8. The van der Waals surface area contributed by atoms with Crippen molar-refractivity contribution in [2.45, 2.75) is 13.6 Å². The predicted molar refractivity (Wildman–Crippen MR) is 248 cm³/mol. The van der Waals surface area contributed by atoms with Gasteiger partial charge in [-0.2, -0.15) is 0 Å². The Balaban J connectivity index is 1.04. The van der Waals surface area contributed by atoms with E-state index in [9.17, 15) is 0 Å². The fourth-order valence-corrected chi connectivity index (χ4v) is 9.56. The first-order valence-electron chi connectivity index (χ1n) is 19.5. The fourth-order valence-electron chi connectivity index (χ4n) is 9.56. The lowest BCUT2D eigenvalue weighted by Crippen LogP contribution is -2.92. The van der Waals surface area contributed by atoms with Crippen molar-refractivity contribution in [3.8, 4) is 0 Å². The van der Waals surface area contributed by atoms with Crippen LogP contribution in [0.3, 0.4) is 0 Å². The summed E-state index contributed by atoms with van der Waals surface area (Å²) in [5.74, 6) is 0. The Morgan fingerprint density at radius 3 is 1.74 bits per heavy atom. The minimum Gasteiger partial charge on any atom is -0.380 e. The zero-order valence-corrected chi connectivity index (χ0v) is 32.1. The highest BCUT2D eigenvalue weighted by Gasteiger charge is 2.54. The Bertz CT molecular complexity index is 1240. The molecule has 0 radical (unpaired) electrons. The molecule has 0 aromatic rings. The Hall–Kier alpha value is 0.598. The van der Waals surface area contributed by atoms with Crippen LogP contribution in [0.25, 0.3) is 0 Å². The van der Waals surface area contributed by atoms with Crippen LogP contribution < -0.4 is 66.8 Å². The van der Waals surface area contributed by atoms with Crippen molar-refractivity contribution < 1.29 is 0 Å². The maximum atomic E-state index is 4.03. The lowest BCUT2D eigenvalue weighted by Gasteiger charge is -2.54. The van der Waals surface area contributed by atoms with Crippen LogP contribution in [-0.4, -0.2) is 249 Å². The molecule has 6 unspecified atom stereocenters. The Kier molecular flexibility index (Phi) is 12.6. The van der Waals surface area contributed by atoms with E-state index in [0.717, 1.165) is 90.6 Å². The van der Waals surface area contributed by atoms with Crippen molar-refractivity contribution in [1.82, 2.24) is 118 Å². The van der Waals surface area contributed by atoms with E-state index >= 15 is 0 Å². The van der Waals surface area contributed by atoms with Gasteiger partial charge in [0.25, 0.3) is 120 Å². The van der Waals surface area contributed by atoms with Gasteiger partial charge in [0.05, 0.1) is 0 Å². The standard InChI is InChI=1S/C5H42B24N24/c1-20-33-6-38-27-48-12-31-10-46(17-48)22-34-7-36-24(40-22)50-15-43(3)16-51(19-50)29-44(4)9-30-14-52(29)25-37-8-35-23(41-25)47-11-32-13-49(18-47)28-42-26(53(20)27)39-21(2)45(28)5/h6-19,30-42H,1-5H3. The number of nitrogens with one attached hydrogen (secondary N) is 13. The van der Waals surface area contributed by atoms with Crippen LogP contribution in [0.15, 0.2) is 0 Å². The highest BCUT2D eigenvalue weighted by molar-refractivity contribution is 7.02. The van der Waals surface area contributed by atoms with Crippen molar-refractivity contribution in [2.24, 2.45) is 0 Å². The van der Waals surface area contributed by atoms with Gasteiger partial charge in [-0.25, -0.2) is 0 Å². The summed E-state index contributed by atoms with van der Waals surface area (Å²) in [5.41, 5.74) is 0. The van der Waals surface area contributed by atoms with Crippen LogP contribution in [0, 0.1) is 0 Å². The predicted octanol–water partition coefficient (Wildman–Crippen LogP) is -21.2. The van der Waals surface area contributed by atoms with Gasteiger partial charge in [-0.3, -0.25) is 0 Å². The van der Waals surface area contributed by atoms with Gasteiger partial charge in [0, 0.05) is 0 Å². The van der Waals surface area contributed by atoms with Crippen molar-refractivity contribution in [3.63, 3.8) is 0 Å². The summed E-state index contributed by atoms with van der Waals surface area (Å²) in [6, 6.07) is 0. The number of hydrogen-bond acceptors (Lipinski definition) is 24. The first-order valence-corrected chi connectivity index (χ1v) is 19.5. The van der Waals surface area contributed by atoms with Crippen LogP contribution in [-0.2, 0) is 0 Å². The molecule has 0 aromatic carbocycles. The van der Waals surface area contributed by atoms with Gasteiger partial charge in [0.1, 0.15) is 0 Å². The molecule has 9 fully saturated rings. The molecule has 0 aromatic heterocycles. The Morgan fingerprint density at radius 1 is 0.434 bits per heavy atom. The second-order valence-electron chi connectivity index (χ2n) is 16.1. The zero-order valence-electron chi connectivity index (χ0n) is 32.1. The highest BCUT2D eigenvalue weighted by atomic mass is 15.4. The van der Waals surface area contributed by atoms with Crippen LogP contribution >= 0.6 is 0 Å². The van der Waals surface area contributed by atoms with E-state index in [1.165, 1.54) is 0 Å². The Morgan fingerprint density at radius 2 is 1.00 bits per heavy atom. The molecule has 254 valence electrons.